The Kier molecular flexibility index (Phi) is 5.13. The van der Waals surface area contributed by atoms with Crippen molar-refractivity contribution in [1.29, 1.82) is 0 Å². The number of hydrogen-bond donors (Lipinski definition) is 1. The Morgan fingerprint density at radius 1 is 1.39 bits per heavy atom. The van der Waals surface area contributed by atoms with Gasteiger partial charge in [-0.3, -0.25) is 4.90 Å². The van der Waals surface area contributed by atoms with Crippen molar-refractivity contribution in [3.8, 4) is 0 Å². The second-order valence-electron chi connectivity index (χ2n) is 5.28. The number of nitrogens with zero attached hydrogens (tertiary/aromatic N) is 4. The van der Waals surface area contributed by atoms with E-state index in [-0.39, 0.29) is 0 Å². The molecule has 18 heavy (non-hydrogen) atoms. The quantitative estimate of drug-likeness (QED) is 0.767. The van der Waals surface area contributed by atoms with Crippen LogP contribution in [0.4, 0.5) is 0 Å². The van der Waals surface area contributed by atoms with Crippen molar-refractivity contribution in [3.05, 3.63) is 12.2 Å². The summed E-state index contributed by atoms with van der Waals surface area (Å²) in [5.74, 6) is 1.92. The molecule has 1 saturated heterocycles. The zero-order valence-corrected chi connectivity index (χ0v) is 11.6. The zero-order valence-electron chi connectivity index (χ0n) is 11.6. The second-order valence-corrected chi connectivity index (χ2v) is 5.28. The highest BCUT2D eigenvalue weighted by molar-refractivity contribution is 4.86. The zero-order chi connectivity index (χ0) is 12.8. The molecule has 0 radical (unpaired) electrons. The molecule has 1 aromatic heterocycles. The summed E-state index contributed by atoms with van der Waals surface area (Å²) in [5, 5.41) is 11.6. The molecule has 0 saturated carbocycles. The van der Waals surface area contributed by atoms with Gasteiger partial charge in [0.05, 0.1) is 6.54 Å². The van der Waals surface area contributed by atoms with Crippen LogP contribution in [0.15, 0.2) is 6.33 Å². The van der Waals surface area contributed by atoms with Gasteiger partial charge in [-0.15, -0.1) is 10.2 Å². The maximum atomic E-state index is 4.15. The van der Waals surface area contributed by atoms with Crippen molar-refractivity contribution in [3.63, 3.8) is 0 Å². The molecule has 0 amide bonds. The molecule has 1 fully saturated rings. The topological polar surface area (TPSA) is 46.0 Å². The number of nitrogens with one attached hydrogen (secondary N) is 1. The van der Waals surface area contributed by atoms with E-state index in [4.69, 9.17) is 0 Å². The Labute approximate surface area is 110 Å². The molecule has 1 N–H and O–H groups in total. The Hall–Kier alpha value is -0.940. The third-order valence-electron chi connectivity index (χ3n) is 3.74. The van der Waals surface area contributed by atoms with E-state index in [0.29, 0.717) is 0 Å². The van der Waals surface area contributed by atoms with Gasteiger partial charge < -0.3 is 9.88 Å². The first kappa shape index (κ1) is 13.5. The summed E-state index contributed by atoms with van der Waals surface area (Å²) in [6.45, 7) is 7.86. The third-order valence-corrected chi connectivity index (χ3v) is 3.74. The molecule has 5 heteroatoms. The molecular weight excluding hydrogens is 226 g/mol. The molecule has 1 aliphatic heterocycles. The van der Waals surface area contributed by atoms with E-state index in [2.05, 4.69) is 27.3 Å². The Morgan fingerprint density at radius 3 is 2.78 bits per heavy atom. The standard InChI is InChI=1S/C13H25N5/c1-3-6-14-9-12-4-7-18(8-5-12)10-13-16-15-11-17(13)2/h11-12,14H,3-10H2,1-2H3. The summed E-state index contributed by atoms with van der Waals surface area (Å²) in [7, 11) is 2.01. The Balaban J connectivity index is 1.69. The molecule has 0 atom stereocenters. The first-order valence-electron chi connectivity index (χ1n) is 7.05. The predicted molar refractivity (Wildman–Crippen MR) is 72.2 cm³/mol. The monoisotopic (exact) mass is 251 g/mol. The molecule has 102 valence electrons. The van der Waals surface area contributed by atoms with Crippen LogP contribution in [-0.4, -0.2) is 45.8 Å². The van der Waals surface area contributed by atoms with Crippen molar-refractivity contribution >= 4 is 0 Å². The molecule has 1 aliphatic rings. The van der Waals surface area contributed by atoms with Gasteiger partial charge in [0.25, 0.3) is 0 Å². The lowest BCUT2D eigenvalue weighted by Crippen LogP contribution is -2.37. The normalized spacial score (nSPS) is 18.3. The maximum absolute atomic E-state index is 4.15. The van der Waals surface area contributed by atoms with Crippen LogP contribution in [0.5, 0.6) is 0 Å². The van der Waals surface area contributed by atoms with E-state index >= 15 is 0 Å². The number of aryl methyl sites for hydroxylation is 1. The van der Waals surface area contributed by atoms with Crippen LogP contribution >= 0.6 is 0 Å². The van der Waals surface area contributed by atoms with E-state index < -0.39 is 0 Å². The van der Waals surface area contributed by atoms with E-state index in [1.54, 1.807) is 6.33 Å². The van der Waals surface area contributed by atoms with Crippen molar-refractivity contribution in [2.45, 2.75) is 32.7 Å². The molecule has 2 rings (SSSR count). The van der Waals surface area contributed by atoms with E-state index in [0.717, 1.165) is 24.8 Å². The number of hydrogen-bond acceptors (Lipinski definition) is 4. The van der Waals surface area contributed by atoms with Crippen LogP contribution in [0, 0.1) is 5.92 Å². The van der Waals surface area contributed by atoms with Gasteiger partial charge in [-0.25, -0.2) is 0 Å². The molecule has 0 aliphatic carbocycles. The molecule has 0 spiro atoms. The van der Waals surface area contributed by atoms with Gasteiger partial charge in [-0.05, 0) is 51.4 Å². The van der Waals surface area contributed by atoms with E-state index in [1.165, 1.54) is 38.9 Å². The van der Waals surface area contributed by atoms with E-state index in [9.17, 15) is 0 Å². The van der Waals surface area contributed by atoms with Gasteiger partial charge in [0.1, 0.15) is 12.2 Å². The summed E-state index contributed by atoms with van der Waals surface area (Å²) >= 11 is 0. The summed E-state index contributed by atoms with van der Waals surface area (Å²) in [5.41, 5.74) is 0. The minimum atomic E-state index is 0.854. The van der Waals surface area contributed by atoms with Gasteiger partial charge >= 0.3 is 0 Å². The molecule has 1 aromatic rings. The van der Waals surface area contributed by atoms with Crippen LogP contribution in [0.3, 0.4) is 0 Å². The van der Waals surface area contributed by atoms with Crippen LogP contribution in [-0.2, 0) is 13.6 Å². The lowest BCUT2D eigenvalue weighted by molar-refractivity contribution is 0.170. The van der Waals surface area contributed by atoms with Gasteiger partial charge in [-0.2, -0.15) is 0 Å². The van der Waals surface area contributed by atoms with Gasteiger partial charge in [0, 0.05) is 7.05 Å². The smallest absolute Gasteiger partial charge is 0.146 e. The van der Waals surface area contributed by atoms with Gasteiger partial charge in [0.15, 0.2) is 0 Å². The number of likely N-dealkylation sites (tertiary alicyclic amines) is 1. The van der Waals surface area contributed by atoms with Crippen molar-refractivity contribution in [2.24, 2.45) is 13.0 Å². The van der Waals surface area contributed by atoms with Gasteiger partial charge in [0.2, 0.25) is 0 Å². The van der Waals surface area contributed by atoms with Crippen LogP contribution in [0.2, 0.25) is 0 Å². The lowest BCUT2D eigenvalue weighted by Gasteiger charge is -2.31. The molecule has 0 bridgehead atoms. The minimum absolute atomic E-state index is 0.854. The SMILES string of the molecule is CCCNCC1CCN(Cc2nncn2C)CC1. The average Bonchev–Trinajstić information content (AvgIpc) is 2.78. The largest absolute Gasteiger partial charge is 0.320 e. The summed E-state index contributed by atoms with van der Waals surface area (Å²) in [4.78, 5) is 2.49. The van der Waals surface area contributed by atoms with Crippen molar-refractivity contribution in [1.82, 2.24) is 25.0 Å². The lowest BCUT2D eigenvalue weighted by atomic mass is 9.97. The molecule has 2 heterocycles. The first-order chi connectivity index (χ1) is 8.79. The third kappa shape index (κ3) is 3.78. The summed E-state index contributed by atoms with van der Waals surface area (Å²) in [6.07, 6.45) is 5.60. The Bertz CT molecular complexity index is 341. The highest BCUT2D eigenvalue weighted by Gasteiger charge is 2.19. The maximum Gasteiger partial charge on any atom is 0.146 e. The van der Waals surface area contributed by atoms with Crippen molar-refractivity contribution < 1.29 is 0 Å². The average molecular weight is 251 g/mol. The summed E-state index contributed by atoms with van der Waals surface area (Å²) in [6, 6.07) is 0. The fourth-order valence-electron chi connectivity index (χ4n) is 2.48. The summed E-state index contributed by atoms with van der Waals surface area (Å²) < 4.78 is 2.01. The van der Waals surface area contributed by atoms with Gasteiger partial charge in [-0.1, -0.05) is 6.92 Å². The molecule has 0 unspecified atom stereocenters. The highest BCUT2D eigenvalue weighted by Crippen LogP contribution is 2.17. The number of rotatable bonds is 6. The Morgan fingerprint density at radius 2 is 2.17 bits per heavy atom. The number of aromatic nitrogens is 3. The van der Waals surface area contributed by atoms with Crippen LogP contribution in [0.1, 0.15) is 32.0 Å². The minimum Gasteiger partial charge on any atom is -0.320 e. The van der Waals surface area contributed by atoms with Crippen LogP contribution in [0.25, 0.3) is 0 Å². The fraction of sp³-hybridized carbons (Fsp3) is 0.846. The second kappa shape index (κ2) is 6.85. The predicted octanol–water partition coefficient (Wildman–Crippen LogP) is 1.03. The van der Waals surface area contributed by atoms with Crippen LogP contribution < -0.4 is 5.32 Å². The van der Waals surface area contributed by atoms with Crippen molar-refractivity contribution in [2.75, 3.05) is 26.2 Å². The first-order valence-corrected chi connectivity index (χ1v) is 7.05. The molecular formula is C13H25N5. The fourth-order valence-corrected chi connectivity index (χ4v) is 2.48. The molecule has 5 nitrogen and oxygen atoms in total. The van der Waals surface area contributed by atoms with E-state index in [1.807, 2.05) is 11.6 Å². The highest BCUT2D eigenvalue weighted by atomic mass is 15.3. The number of piperidine rings is 1. The molecule has 0 aromatic carbocycles.